The first-order valence-corrected chi connectivity index (χ1v) is 5.81. The molecule has 0 spiro atoms. The molecule has 0 radical (unpaired) electrons. The minimum absolute atomic E-state index is 0.0959. The highest BCUT2D eigenvalue weighted by Gasteiger charge is 2.42. The van der Waals surface area contributed by atoms with Crippen molar-refractivity contribution in [1.82, 2.24) is 15.6 Å². The Morgan fingerprint density at radius 1 is 1.59 bits per heavy atom. The SMILES string of the molecule is CNCc1cc(C2CNCCC2(F)F)ccn1. The number of alkyl halides is 2. The molecule has 1 aliphatic rings. The standard InChI is InChI=1S/C12H17F2N3/c1-15-7-10-6-9(2-4-17-10)11-8-16-5-3-12(11,13)14/h2,4,6,11,15-16H,3,5,7-8H2,1H3. The number of hydrogen-bond donors (Lipinski definition) is 2. The molecule has 1 fully saturated rings. The van der Waals surface area contributed by atoms with Crippen LogP contribution in [0.1, 0.15) is 23.6 Å². The first kappa shape index (κ1) is 12.4. The van der Waals surface area contributed by atoms with Crippen molar-refractivity contribution in [2.45, 2.75) is 24.8 Å². The minimum atomic E-state index is -2.62. The first-order chi connectivity index (χ1) is 8.13. The molecule has 17 heavy (non-hydrogen) atoms. The number of aromatic nitrogens is 1. The Balaban J connectivity index is 2.23. The van der Waals surface area contributed by atoms with Gasteiger partial charge in [0.15, 0.2) is 0 Å². The van der Waals surface area contributed by atoms with Gasteiger partial charge < -0.3 is 10.6 Å². The van der Waals surface area contributed by atoms with Crippen molar-refractivity contribution in [1.29, 1.82) is 0 Å². The summed E-state index contributed by atoms with van der Waals surface area (Å²) in [5, 5.41) is 5.99. The van der Waals surface area contributed by atoms with Crippen LogP contribution in [-0.4, -0.2) is 31.0 Å². The zero-order valence-corrected chi connectivity index (χ0v) is 9.84. The molecule has 1 unspecified atom stereocenters. The molecule has 2 rings (SSSR count). The van der Waals surface area contributed by atoms with Gasteiger partial charge in [-0.1, -0.05) is 0 Å². The van der Waals surface area contributed by atoms with Crippen molar-refractivity contribution in [3.05, 3.63) is 29.6 Å². The summed E-state index contributed by atoms with van der Waals surface area (Å²) in [5.41, 5.74) is 1.47. The Morgan fingerprint density at radius 2 is 2.41 bits per heavy atom. The second kappa shape index (κ2) is 5.06. The molecule has 0 aliphatic carbocycles. The number of pyridine rings is 1. The Morgan fingerprint density at radius 3 is 3.12 bits per heavy atom. The summed E-state index contributed by atoms with van der Waals surface area (Å²) in [6.07, 6.45) is 1.51. The van der Waals surface area contributed by atoms with E-state index in [9.17, 15) is 8.78 Å². The van der Waals surface area contributed by atoms with Crippen LogP contribution in [-0.2, 0) is 6.54 Å². The lowest BCUT2D eigenvalue weighted by molar-refractivity contribution is -0.0479. The maximum absolute atomic E-state index is 13.8. The van der Waals surface area contributed by atoms with Gasteiger partial charge in [-0.2, -0.15) is 0 Å². The largest absolute Gasteiger partial charge is 0.316 e. The molecule has 0 saturated carbocycles. The van der Waals surface area contributed by atoms with E-state index in [2.05, 4.69) is 15.6 Å². The van der Waals surface area contributed by atoms with Gasteiger partial charge in [0.05, 0.1) is 11.6 Å². The molecule has 1 atom stereocenters. The average molecular weight is 241 g/mol. The molecule has 0 bridgehead atoms. The zero-order valence-electron chi connectivity index (χ0n) is 9.84. The van der Waals surface area contributed by atoms with E-state index in [0.29, 0.717) is 25.2 Å². The van der Waals surface area contributed by atoms with Crippen LogP contribution >= 0.6 is 0 Å². The second-order valence-electron chi connectivity index (χ2n) is 4.38. The molecule has 1 aliphatic heterocycles. The van der Waals surface area contributed by atoms with Crippen molar-refractivity contribution in [3.8, 4) is 0 Å². The van der Waals surface area contributed by atoms with Crippen LogP contribution in [0.3, 0.4) is 0 Å². The maximum Gasteiger partial charge on any atom is 0.257 e. The van der Waals surface area contributed by atoms with E-state index in [4.69, 9.17) is 0 Å². The Hall–Kier alpha value is -1.07. The molecule has 1 saturated heterocycles. The van der Waals surface area contributed by atoms with Gasteiger partial charge in [-0.15, -0.1) is 0 Å². The van der Waals surface area contributed by atoms with E-state index in [1.807, 2.05) is 7.05 Å². The number of piperidine rings is 1. The number of nitrogens with one attached hydrogen (secondary N) is 2. The van der Waals surface area contributed by atoms with Gasteiger partial charge in [-0.3, -0.25) is 4.98 Å². The number of halogens is 2. The molecule has 3 nitrogen and oxygen atoms in total. The summed E-state index contributed by atoms with van der Waals surface area (Å²) in [5.74, 6) is -3.36. The highest BCUT2D eigenvalue weighted by molar-refractivity contribution is 5.24. The van der Waals surface area contributed by atoms with Crippen LogP contribution in [0.15, 0.2) is 18.3 Å². The Bertz CT molecular complexity index is 382. The average Bonchev–Trinajstić information content (AvgIpc) is 2.29. The third-order valence-corrected chi connectivity index (χ3v) is 3.09. The highest BCUT2D eigenvalue weighted by atomic mass is 19.3. The Labute approximate surface area is 99.6 Å². The molecule has 0 aromatic carbocycles. The summed E-state index contributed by atoms with van der Waals surface area (Å²) in [6, 6.07) is 3.45. The fraction of sp³-hybridized carbons (Fsp3) is 0.583. The van der Waals surface area contributed by atoms with Crippen molar-refractivity contribution in [3.63, 3.8) is 0 Å². The van der Waals surface area contributed by atoms with E-state index >= 15 is 0 Å². The fourth-order valence-corrected chi connectivity index (χ4v) is 2.18. The third kappa shape index (κ3) is 2.79. The topological polar surface area (TPSA) is 37.0 Å². The van der Waals surface area contributed by atoms with Crippen LogP contribution in [0.4, 0.5) is 8.78 Å². The number of hydrogen-bond acceptors (Lipinski definition) is 3. The predicted molar refractivity (Wildman–Crippen MR) is 62.2 cm³/mol. The van der Waals surface area contributed by atoms with E-state index in [1.54, 1.807) is 18.3 Å². The summed E-state index contributed by atoms with van der Waals surface area (Å²) in [7, 11) is 1.81. The van der Waals surface area contributed by atoms with Gasteiger partial charge >= 0.3 is 0 Å². The van der Waals surface area contributed by atoms with Gasteiger partial charge in [-0.25, -0.2) is 8.78 Å². The first-order valence-electron chi connectivity index (χ1n) is 5.81. The van der Waals surface area contributed by atoms with Gasteiger partial charge in [-0.05, 0) is 24.7 Å². The predicted octanol–water partition coefficient (Wildman–Crippen LogP) is 1.51. The summed E-state index contributed by atoms with van der Waals surface area (Å²) in [6.45, 7) is 1.31. The van der Waals surface area contributed by atoms with Crippen LogP contribution < -0.4 is 10.6 Å². The molecule has 2 heterocycles. The smallest absolute Gasteiger partial charge is 0.257 e. The van der Waals surface area contributed by atoms with Crippen LogP contribution in [0, 0.1) is 0 Å². The van der Waals surface area contributed by atoms with Crippen molar-refractivity contribution in [2.24, 2.45) is 0 Å². The third-order valence-electron chi connectivity index (χ3n) is 3.09. The van der Waals surface area contributed by atoms with E-state index in [-0.39, 0.29) is 6.42 Å². The van der Waals surface area contributed by atoms with Crippen LogP contribution in [0.2, 0.25) is 0 Å². The van der Waals surface area contributed by atoms with Crippen molar-refractivity contribution < 1.29 is 8.78 Å². The molecule has 1 aromatic rings. The van der Waals surface area contributed by atoms with Crippen LogP contribution in [0.25, 0.3) is 0 Å². The van der Waals surface area contributed by atoms with E-state index in [1.165, 1.54) is 0 Å². The summed E-state index contributed by atoms with van der Waals surface area (Å²) < 4.78 is 27.6. The molecular weight excluding hydrogens is 224 g/mol. The molecule has 94 valence electrons. The van der Waals surface area contributed by atoms with Gasteiger partial charge in [0.25, 0.3) is 5.92 Å². The van der Waals surface area contributed by atoms with Crippen molar-refractivity contribution in [2.75, 3.05) is 20.1 Å². The van der Waals surface area contributed by atoms with Crippen molar-refractivity contribution >= 4 is 0 Å². The van der Waals surface area contributed by atoms with Gasteiger partial charge in [0.1, 0.15) is 0 Å². The fourth-order valence-electron chi connectivity index (χ4n) is 2.18. The number of rotatable bonds is 3. The molecule has 2 N–H and O–H groups in total. The molecular formula is C12H17F2N3. The quantitative estimate of drug-likeness (QED) is 0.842. The molecule has 1 aromatic heterocycles. The van der Waals surface area contributed by atoms with Gasteiger partial charge in [0.2, 0.25) is 0 Å². The number of nitrogens with zero attached hydrogens (tertiary/aromatic N) is 1. The minimum Gasteiger partial charge on any atom is -0.316 e. The molecule has 0 amide bonds. The molecule has 5 heteroatoms. The highest BCUT2D eigenvalue weighted by Crippen LogP contribution is 2.37. The zero-order chi connectivity index (χ0) is 12.3. The van der Waals surface area contributed by atoms with E-state index in [0.717, 1.165) is 5.69 Å². The second-order valence-corrected chi connectivity index (χ2v) is 4.38. The maximum atomic E-state index is 13.8. The lowest BCUT2D eigenvalue weighted by Gasteiger charge is -2.32. The lowest BCUT2D eigenvalue weighted by atomic mass is 9.88. The summed E-state index contributed by atoms with van der Waals surface area (Å²) >= 11 is 0. The van der Waals surface area contributed by atoms with E-state index < -0.39 is 11.8 Å². The Kier molecular flexibility index (Phi) is 3.69. The van der Waals surface area contributed by atoms with Crippen LogP contribution in [0.5, 0.6) is 0 Å². The normalized spacial score (nSPS) is 23.6. The van der Waals surface area contributed by atoms with Gasteiger partial charge in [0, 0.05) is 32.3 Å². The summed E-state index contributed by atoms with van der Waals surface area (Å²) in [4.78, 5) is 4.14. The lowest BCUT2D eigenvalue weighted by Crippen LogP contribution is -2.43. The monoisotopic (exact) mass is 241 g/mol.